The molecule has 4 aromatic rings. The molecule has 0 aliphatic heterocycles. The molecule has 0 aliphatic rings. The Bertz CT molecular complexity index is 1210. The summed E-state index contributed by atoms with van der Waals surface area (Å²) in [6, 6.07) is 11.3. The summed E-state index contributed by atoms with van der Waals surface area (Å²) in [5.41, 5.74) is 2.11. The smallest absolute Gasteiger partial charge is 0.298 e. The van der Waals surface area contributed by atoms with Crippen LogP contribution < -0.4 is 10.3 Å². The molecule has 2 aromatic carbocycles. The van der Waals surface area contributed by atoms with E-state index in [-0.39, 0.29) is 11.4 Å². The molecule has 0 radical (unpaired) electrons. The van der Waals surface area contributed by atoms with E-state index in [0.717, 1.165) is 10.9 Å². The van der Waals surface area contributed by atoms with Crippen LogP contribution in [0.15, 0.2) is 52.4 Å². The van der Waals surface area contributed by atoms with E-state index in [1.807, 2.05) is 18.2 Å². The zero-order valence-electron chi connectivity index (χ0n) is 14.2. The second-order valence-corrected chi connectivity index (χ2v) is 5.83. The Hall–Kier alpha value is -3.48. The van der Waals surface area contributed by atoms with Gasteiger partial charge in [-0.1, -0.05) is 12.1 Å². The molecule has 0 saturated carbocycles. The number of fused-ring (bicyclic) bond motifs is 3. The number of hydrogen-bond donors (Lipinski definition) is 1. The van der Waals surface area contributed by atoms with Crippen LogP contribution in [0, 0.1) is 12.7 Å². The summed E-state index contributed by atoms with van der Waals surface area (Å²) in [5, 5.41) is 5.05. The van der Waals surface area contributed by atoms with Crippen LogP contribution in [0.1, 0.15) is 11.4 Å². The summed E-state index contributed by atoms with van der Waals surface area (Å²) >= 11 is 0. The molecule has 0 unspecified atom stereocenters. The Kier molecular flexibility index (Phi) is 3.76. The number of halogens is 1. The highest BCUT2D eigenvalue weighted by Crippen LogP contribution is 2.25. The van der Waals surface area contributed by atoms with Gasteiger partial charge in [0.05, 0.1) is 18.8 Å². The molecule has 0 saturated heterocycles. The lowest BCUT2D eigenvalue weighted by Crippen LogP contribution is -2.20. The molecule has 0 fully saturated rings. The first-order valence-corrected chi connectivity index (χ1v) is 7.96. The quantitative estimate of drug-likeness (QED) is 0.577. The highest BCUT2D eigenvalue weighted by Gasteiger charge is 2.13. The minimum Gasteiger partial charge on any atom is -0.497 e. The molecule has 7 heteroatoms. The van der Waals surface area contributed by atoms with Gasteiger partial charge in [0.15, 0.2) is 0 Å². The van der Waals surface area contributed by atoms with E-state index in [0.29, 0.717) is 28.2 Å². The van der Waals surface area contributed by atoms with E-state index in [2.05, 4.69) is 15.1 Å². The first-order chi connectivity index (χ1) is 12.6. The third-order valence-corrected chi connectivity index (χ3v) is 4.16. The predicted molar refractivity (Wildman–Crippen MR) is 98.5 cm³/mol. The zero-order chi connectivity index (χ0) is 18.3. The molecule has 0 aliphatic carbocycles. The molecular formula is C19H15FN4O2. The Morgan fingerprint density at radius 1 is 1.23 bits per heavy atom. The number of ether oxygens (including phenoxy) is 1. The van der Waals surface area contributed by atoms with Gasteiger partial charge in [0.25, 0.3) is 5.56 Å². The van der Waals surface area contributed by atoms with Crippen LogP contribution in [0.4, 0.5) is 4.39 Å². The topological polar surface area (TPSA) is 72.3 Å². The van der Waals surface area contributed by atoms with Crippen molar-refractivity contribution < 1.29 is 9.13 Å². The Labute approximate surface area is 147 Å². The number of aromatic amines is 1. The number of H-pyrrole nitrogens is 1. The van der Waals surface area contributed by atoms with Gasteiger partial charge in [-0.25, -0.2) is 9.37 Å². The van der Waals surface area contributed by atoms with Crippen molar-refractivity contribution in [2.75, 3.05) is 7.11 Å². The van der Waals surface area contributed by atoms with E-state index in [9.17, 15) is 9.18 Å². The van der Waals surface area contributed by atoms with Crippen molar-refractivity contribution in [3.05, 3.63) is 70.0 Å². The lowest BCUT2D eigenvalue weighted by atomic mass is 10.2. The number of methoxy groups -OCH3 is 1. The van der Waals surface area contributed by atoms with Gasteiger partial charge in [-0.05, 0) is 36.8 Å². The minimum absolute atomic E-state index is 0.305. The second-order valence-electron chi connectivity index (χ2n) is 5.83. The van der Waals surface area contributed by atoms with Crippen LogP contribution in [-0.4, -0.2) is 28.0 Å². The number of nitrogens with zero attached hydrogens (tertiary/aromatic N) is 3. The molecular weight excluding hydrogens is 335 g/mol. The van der Waals surface area contributed by atoms with Crippen LogP contribution in [0.5, 0.6) is 5.75 Å². The Morgan fingerprint density at radius 2 is 2.00 bits per heavy atom. The summed E-state index contributed by atoms with van der Waals surface area (Å²) in [7, 11) is 1.59. The number of aromatic nitrogens is 3. The molecule has 2 aromatic heterocycles. The third-order valence-electron chi connectivity index (χ3n) is 4.16. The van der Waals surface area contributed by atoms with Gasteiger partial charge in [0, 0.05) is 11.5 Å². The number of hydrogen-bond acceptors (Lipinski definition) is 4. The molecule has 0 spiro atoms. The van der Waals surface area contributed by atoms with E-state index in [1.54, 1.807) is 26.2 Å². The van der Waals surface area contributed by atoms with Crippen molar-refractivity contribution >= 4 is 28.2 Å². The summed E-state index contributed by atoms with van der Waals surface area (Å²) in [6.07, 6.45) is 1.49. The molecule has 0 bridgehead atoms. The molecule has 130 valence electrons. The van der Waals surface area contributed by atoms with Crippen molar-refractivity contribution in [3.63, 3.8) is 0 Å². The second kappa shape index (κ2) is 6.11. The zero-order valence-corrected chi connectivity index (χ0v) is 14.2. The van der Waals surface area contributed by atoms with Crippen molar-refractivity contribution in [3.8, 4) is 5.75 Å². The van der Waals surface area contributed by atoms with Crippen LogP contribution in [0.2, 0.25) is 0 Å². The highest BCUT2D eigenvalue weighted by molar-refractivity contribution is 6.04. The molecule has 2 heterocycles. The van der Waals surface area contributed by atoms with Crippen LogP contribution in [-0.2, 0) is 0 Å². The average molecular weight is 350 g/mol. The van der Waals surface area contributed by atoms with Gasteiger partial charge in [0.1, 0.15) is 28.4 Å². The Morgan fingerprint density at radius 3 is 2.73 bits per heavy atom. The summed E-state index contributed by atoms with van der Waals surface area (Å²) in [5.74, 6) is 0.820. The largest absolute Gasteiger partial charge is 0.497 e. The third kappa shape index (κ3) is 2.63. The van der Waals surface area contributed by atoms with E-state index in [4.69, 9.17) is 4.74 Å². The SMILES string of the molecule is COc1ccc2c(c1)[nH]c1c(=O)n(/N=C/c3ccc(F)cc3)c(C)nc12. The van der Waals surface area contributed by atoms with Gasteiger partial charge in [0.2, 0.25) is 0 Å². The van der Waals surface area contributed by atoms with Crippen LogP contribution in [0.25, 0.3) is 21.9 Å². The lowest BCUT2D eigenvalue weighted by molar-refractivity contribution is 0.415. The normalized spacial score (nSPS) is 11.7. The van der Waals surface area contributed by atoms with Crippen molar-refractivity contribution in [2.45, 2.75) is 6.92 Å². The minimum atomic E-state index is -0.327. The monoisotopic (exact) mass is 350 g/mol. The van der Waals surface area contributed by atoms with Crippen LogP contribution in [0.3, 0.4) is 0 Å². The standard InChI is InChI=1S/C19H15FN4O2/c1-11-22-17-15-8-7-14(26-2)9-16(15)23-18(17)19(25)24(11)21-10-12-3-5-13(20)6-4-12/h3-10,23H,1-2H3/b21-10+. The van der Waals surface area contributed by atoms with E-state index < -0.39 is 0 Å². The lowest BCUT2D eigenvalue weighted by Gasteiger charge is -2.03. The molecule has 0 amide bonds. The molecule has 0 atom stereocenters. The Balaban J connectivity index is 1.86. The maximum atomic E-state index is 13.0. The van der Waals surface area contributed by atoms with Crippen LogP contribution >= 0.6 is 0 Å². The van der Waals surface area contributed by atoms with E-state index in [1.165, 1.54) is 23.0 Å². The first kappa shape index (κ1) is 16.0. The number of rotatable bonds is 3. The summed E-state index contributed by atoms with van der Waals surface area (Å²) in [4.78, 5) is 20.5. The fourth-order valence-electron chi connectivity index (χ4n) is 2.83. The van der Waals surface area contributed by atoms with Gasteiger partial charge in [-0.15, -0.1) is 0 Å². The van der Waals surface area contributed by atoms with Gasteiger partial charge in [-0.3, -0.25) is 4.79 Å². The van der Waals surface area contributed by atoms with Gasteiger partial charge < -0.3 is 9.72 Å². The van der Waals surface area contributed by atoms with Gasteiger partial charge >= 0.3 is 0 Å². The predicted octanol–water partition coefficient (Wildman–Crippen LogP) is 3.22. The summed E-state index contributed by atoms with van der Waals surface area (Å²) < 4.78 is 19.4. The molecule has 4 rings (SSSR count). The highest BCUT2D eigenvalue weighted by atomic mass is 19.1. The number of nitrogens with one attached hydrogen (secondary N) is 1. The maximum Gasteiger partial charge on any atom is 0.298 e. The average Bonchev–Trinajstić information content (AvgIpc) is 3.01. The fourth-order valence-corrected chi connectivity index (χ4v) is 2.83. The van der Waals surface area contributed by atoms with Crippen molar-refractivity contribution in [1.82, 2.24) is 14.6 Å². The van der Waals surface area contributed by atoms with Crippen molar-refractivity contribution in [1.29, 1.82) is 0 Å². The van der Waals surface area contributed by atoms with Crippen molar-refractivity contribution in [2.24, 2.45) is 5.10 Å². The fraction of sp³-hybridized carbons (Fsp3) is 0.105. The first-order valence-electron chi connectivity index (χ1n) is 7.96. The van der Waals surface area contributed by atoms with Gasteiger partial charge in [-0.2, -0.15) is 9.78 Å². The number of aryl methyl sites for hydroxylation is 1. The molecule has 1 N–H and O–H groups in total. The molecule has 26 heavy (non-hydrogen) atoms. The maximum absolute atomic E-state index is 13.0. The number of benzene rings is 2. The van der Waals surface area contributed by atoms with E-state index >= 15 is 0 Å². The molecule has 6 nitrogen and oxygen atoms in total. The summed E-state index contributed by atoms with van der Waals surface area (Å²) in [6.45, 7) is 1.71.